The first kappa shape index (κ1) is 14.5. The lowest BCUT2D eigenvalue weighted by molar-refractivity contribution is -0.132. The van der Waals surface area contributed by atoms with Crippen molar-refractivity contribution in [1.82, 2.24) is 5.32 Å². The van der Waals surface area contributed by atoms with Crippen LogP contribution in [-0.2, 0) is 9.53 Å². The number of alkyl carbamates (subject to hydrolysis) is 1. The Morgan fingerprint density at radius 1 is 1.38 bits per heavy atom. The second-order valence-corrected chi connectivity index (χ2v) is 3.35. The van der Waals surface area contributed by atoms with E-state index in [4.69, 9.17) is 9.84 Å². The van der Waals surface area contributed by atoms with E-state index in [1.165, 1.54) is 0 Å². The number of carbonyl (C=O) groups is 2. The number of allylic oxidation sites excluding steroid dienone is 1. The third-order valence-electron chi connectivity index (χ3n) is 1.94. The van der Waals surface area contributed by atoms with Crippen LogP contribution in [0.3, 0.4) is 0 Å². The minimum atomic E-state index is -0.890. The number of nitrogens with one attached hydrogen (secondary N) is 1. The van der Waals surface area contributed by atoms with E-state index >= 15 is 0 Å². The quantitative estimate of drug-likeness (QED) is 0.516. The molecule has 0 radical (unpaired) electrons. The van der Waals surface area contributed by atoms with Gasteiger partial charge in [0.15, 0.2) is 0 Å². The van der Waals surface area contributed by atoms with Crippen molar-refractivity contribution in [3.05, 3.63) is 11.6 Å². The fraction of sp³-hybridized carbons (Fsp3) is 0.636. The normalized spacial score (nSPS) is 11.0. The van der Waals surface area contributed by atoms with Gasteiger partial charge in [0.05, 0.1) is 6.61 Å². The molecule has 0 atom stereocenters. The standard InChI is InChI=1S/C11H19NO4/c1-3-12-11(15)16-8-6-4-5-7-9(2)10(13)14/h7H,3-6,8H2,1-2H3,(H,12,15)(H,13,14)/b9-7+. The van der Waals surface area contributed by atoms with E-state index in [1.807, 2.05) is 6.92 Å². The minimum absolute atomic E-state index is 0.352. The van der Waals surface area contributed by atoms with Crippen molar-refractivity contribution in [2.24, 2.45) is 0 Å². The first-order chi connectivity index (χ1) is 7.57. The molecule has 0 aromatic rings. The average molecular weight is 229 g/mol. The van der Waals surface area contributed by atoms with Crippen LogP contribution in [-0.4, -0.2) is 30.3 Å². The third kappa shape index (κ3) is 7.84. The molecular formula is C11H19NO4. The van der Waals surface area contributed by atoms with E-state index in [1.54, 1.807) is 13.0 Å². The fourth-order valence-electron chi connectivity index (χ4n) is 1.01. The maximum absolute atomic E-state index is 10.9. The Morgan fingerprint density at radius 2 is 2.06 bits per heavy atom. The summed E-state index contributed by atoms with van der Waals surface area (Å²) in [6.07, 6.45) is 3.51. The van der Waals surface area contributed by atoms with Crippen LogP contribution < -0.4 is 5.32 Å². The fourth-order valence-corrected chi connectivity index (χ4v) is 1.01. The highest BCUT2D eigenvalue weighted by Gasteiger charge is 1.99. The van der Waals surface area contributed by atoms with E-state index in [-0.39, 0.29) is 0 Å². The van der Waals surface area contributed by atoms with Crippen LogP contribution in [0.2, 0.25) is 0 Å². The molecule has 0 aromatic heterocycles. The van der Waals surface area contributed by atoms with Crippen LogP contribution in [0.15, 0.2) is 11.6 Å². The molecule has 0 aliphatic rings. The lowest BCUT2D eigenvalue weighted by Gasteiger charge is -2.04. The smallest absolute Gasteiger partial charge is 0.407 e. The predicted octanol–water partition coefficient (Wildman–Crippen LogP) is 1.93. The highest BCUT2D eigenvalue weighted by molar-refractivity contribution is 5.85. The molecule has 0 unspecified atom stereocenters. The highest BCUT2D eigenvalue weighted by atomic mass is 16.5. The zero-order valence-electron chi connectivity index (χ0n) is 9.78. The summed E-state index contributed by atoms with van der Waals surface area (Å²) in [4.78, 5) is 21.3. The van der Waals surface area contributed by atoms with Gasteiger partial charge in [0.25, 0.3) is 0 Å². The van der Waals surface area contributed by atoms with Gasteiger partial charge >= 0.3 is 12.1 Å². The Balaban J connectivity index is 3.44. The Morgan fingerprint density at radius 3 is 2.62 bits per heavy atom. The molecule has 0 bridgehead atoms. The van der Waals surface area contributed by atoms with E-state index in [0.717, 1.165) is 12.8 Å². The molecule has 1 amide bonds. The van der Waals surface area contributed by atoms with Crippen molar-refractivity contribution in [3.8, 4) is 0 Å². The molecule has 0 rings (SSSR count). The van der Waals surface area contributed by atoms with Gasteiger partial charge < -0.3 is 15.2 Å². The second-order valence-electron chi connectivity index (χ2n) is 3.35. The number of amides is 1. The first-order valence-electron chi connectivity index (χ1n) is 5.38. The number of carboxylic acid groups (broad SMARTS) is 1. The Bertz CT molecular complexity index is 261. The number of aliphatic carboxylic acids is 1. The molecule has 0 heterocycles. The number of carbonyl (C=O) groups excluding carboxylic acids is 1. The molecule has 0 saturated carbocycles. The van der Waals surface area contributed by atoms with Gasteiger partial charge in [-0.25, -0.2) is 9.59 Å². The average Bonchev–Trinajstić information content (AvgIpc) is 2.23. The summed E-state index contributed by atoms with van der Waals surface area (Å²) in [6, 6.07) is 0. The van der Waals surface area contributed by atoms with Crippen molar-refractivity contribution in [3.63, 3.8) is 0 Å². The number of carboxylic acids is 1. The number of ether oxygens (including phenoxy) is 1. The van der Waals surface area contributed by atoms with Crippen LogP contribution in [0, 0.1) is 0 Å². The second kappa shape index (κ2) is 8.76. The van der Waals surface area contributed by atoms with Crippen LogP contribution >= 0.6 is 0 Å². The molecule has 0 spiro atoms. The van der Waals surface area contributed by atoms with E-state index in [2.05, 4.69) is 5.32 Å². The monoisotopic (exact) mass is 229 g/mol. The van der Waals surface area contributed by atoms with Gasteiger partial charge in [0.2, 0.25) is 0 Å². The van der Waals surface area contributed by atoms with Crippen LogP contribution in [0.5, 0.6) is 0 Å². The van der Waals surface area contributed by atoms with Crippen LogP contribution in [0.4, 0.5) is 4.79 Å². The molecule has 0 fully saturated rings. The maximum atomic E-state index is 10.9. The maximum Gasteiger partial charge on any atom is 0.407 e. The summed E-state index contributed by atoms with van der Waals surface area (Å²) in [6.45, 7) is 4.30. The molecule has 5 nitrogen and oxygen atoms in total. The molecule has 0 aliphatic carbocycles. The lowest BCUT2D eigenvalue weighted by Crippen LogP contribution is -2.23. The predicted molar refractivity (Wildman–Crippen MR) is 60.3 cm³/mol. The molecule has 5 heteroatoms. The number of rotatable bonds is 7. The van der Waals surface area contributed by atoms with E-state index in [0.29, 0.717) is 25.1 Å². The Kier molecular flexibility index (Phi) is 7.93. The minimum Gasteiger partial charge on any atom is -0.478 e. The molecule has 2 N–H and O–H groups in total. The summed E-state index contributed by atoms with van der Waals surface area (Å²) < 4.78 is 4.85. The molecule has 0 aliphatic heterocycles. The molecule has 92 valence electrons. The third-order valence-corrected chi connectivity index (χ3v) is 1.94. The summed E-state index contributed by atoms with van der Waals surface area (Å²) in [5.41, 5.74) is 0.352. The van der Waals surface area contributed by atoms with Gasteiger partial charge in [-0.05, 0) is 33.1 Å². The molecule has 0 saturated heterocycles. The van der Waals surface area contributed by atoms with Gasteiger partial charge in [-0.15, -0.1) is 0 Å². The lowest BCUT2D eigenvalue weighted by atomic mass is 10.2. The zero-order chi connectivity index (χ0) is 12.4. The summed E-state index contributed by atoms with van der Waals surface area (Å²) in [5, 5.41) is 11.1. The van der Waals surface area contributed by atoms with E-state index in [9.17, 15) is 9.59 Å². The van der Waals surface area contributed by atoms with Crippen molar-refractivity contribution >= 4 is 12.1 Å². The van der Waals surface area contributed by atoms with Gasteiger partial charge in [-0.3, -0.25) is 0 Å². The number of unbranched alkanes of at least 4 members (excludes halogenated alkanes) is 2. The van der Waals surface area contributed by atoms with E-state index < -0.39 is 12.1 Å². The van der Waals surface area contributed by atoms with Crippen molar-refractivity contribution in [1.29, 1.82) is 0 Å². The highest BCUT2D eigenvalue weighted by Crippen LogP contribution is 2.01. The van der Waals surface area contributed by atoms with Gasteiger partial charge in [-0.2, -0.15) is 0 Å². The zero-order valence-corrected chi connectivity index (χ0v) is 9.78. The van der Waals surface area contributed by atoms with Crippen molar-refractivity contribution in [2.45, 2.75) is 33.1 Å². The number of hydrogen-bond acceptors (Lipinski definition) is 3. The Hall–Kier alpha value is -1.52. The van der Waals surface area contributed by atoms with Crippen molar-refractivity contribution in [2.75, 3.05) is 13.2 Å². The topological polar surface area (TPSA) is 75.6 Å². The largest absolute Gasteiger partial charge is 0.478 e. The van der Waals surface area contributed by atoms with Gasteiger partial charge in [0.1, 0.15) is 0 Å². The first-order valence-corrected chi connectivity index (χ1v) is 5.38. The molecule has 0 aromatic carbocycles. The Labute approximate surface area is 95.5 Å². The molecule has 16 heavy (non-hydrogen) atoms. The van der Waals surface area contributed by atoms with Crippen LogP contribution in [0.25, 0.3) is 0 Å². The molecular weight excluding hydrogens is 210 g/mol. The summed E-state index contributed by atoms with van der Waals surface area (Å²) in [5.74, 6) is -0.890. The van der Waals surface area contributed by atoms with Gasteiger partial charge in [0, 0.05) is 12.1 Å². The van der Waals surface area contributed by atoms with Crippen LogP contribution in [0.1, 0.15) is 33.1 Å². The summed E-state index contributed by atoms with van der Waals surface area (Å²) >= 11 is 0. The number of hydrogen-bond donors (Lipinski definition) is 2. The SMILES string of the molecule is CCNC(=O)OCCCC/C=C(\C)C(=O)O. The van der Waals surface area contributed by atoms with Crippen molar-refractivity contribution < 1.29 is 19.4 Å². The van der Waals surface area contributed by atoms with Gasteiger partial charge in [-0.1, -0.05) is 6.08 Å². The summed E-state index contributed by atoms with van der Waals surface area (Å²) in [7, 11) is 0.